The van der Waals surface area contributed by atoms with Crippen LogP contribution < -0.4 is 5.56 Å². The number of ether oxygens (including phenoxy) is 1. The fourth-order valence-corrected chi connectivity index (χ4v) is 3.96. The van der Waals surface area contributed by atoms with E-state index in [9.17, 15) is 9.59 Å². The monoisotopic (exact) mass is 396 g/mol. The Hall–Kier alpha value is -2.60. The molecule has 0 saturated carbocycles. The lowest BCUT2D eigenvalue weighted by molar-refractivity contribution is -0.143. The molecule has 146 valence electrons. The zero-order valence-corrected chi connectivity index (χ0v) is 17.2. The minimum atomic E-state index is -0.193. The Labute approximate surface area is 168 Å². The molecule has 0 radical (unpaired) electrons. The van der Waals surface area contributed by atoms with Gasteiger partial charge in [-0.2, -0.15) is 0 Å². The molecule has 3 aromatic rings. The maximum Gasteiger partial charge on any atom is 0.305 e. The molecule has 0 aliphatic rings. The first kappa shape index (κ1) is 20.1. The topological polar surface area (TPSA) is 61.2 Å². The van der Waals surface area contributed by atoms with Crippen LogP contribution >= 0.6 is 11.8 Å². The van der Waals surface area contributed by atoms with E-state index in [4.69, 9.17) is 9.72 Å². The first-order valence-corrected chi connectivity index (χ1v) is 10.4. The zero-order valence-electron chi connectivity index (χ0n) is 16.4. The number of thioether (sulfide) groups is 1. The molecular weight excluding hydrogens is 372 g/mol. The second-order valence-electron chi connectivity index (χ2n) is 6.53. The van der Waals surface area contributed by atoms with Gasteiger partial charge in [-0.05, 0) is 56.5 Å². The third kappa shape index (κ3) is 4.28. The Balaban J connectivity index is 1.99. The number of carbonyl (C=O) groups is 1. The normalized spacial score (nSPS) is 11.0. The quantitative estimate of drug-likeness (QED) is 0.256. The fourth-order valence-electron chi connectivity index (χ4n) is 3.01. The molecule has 0 unspecified atom stereocenters. The maximum atomic E-state index is 13.3. The predicted octanol–water partition coefficient (Wildman–Crippen LogP) is 4.44. The van der Waals surface area contributed by atoms with Crippen LogP contribution in [-0.4, -0.2) is 27.9 Å². The molecule has 0 spiro atoms. The molecule has 1 aromatic heterocycles. The molecular formula is C22H24N2O3S. The summed E-state index contributed by atoms with van der Waals surface area (Å²) in [6.45, 7) is 6.24. The maximum absolute atomic E-state index is 13.3. The number of fused-ring (bicyclic) bond motifs is 1. The van der Waals surface area contributed by atoms with E-state index < -0.39 is 0 Å². The number of hydrogen-bond donors (Lipinski definition) is 0. The number of esters is 1. The fraction of sp³-hybridized carbons (Fsp3) is 0.318. The zero-order chi connectivity index (χ0) is 20.1. The number of aryl methyl sites for hydroxylation is 1. The van der Waals surface area contributed by atoms with Crippen molar-refractivity contribution in [3.8, 4) is 5.69 Å². The van der Waals surface area contributed by atoms with Gasteiger partial charge in [0.1, 0.15) is 0 Å². The molecule has 28 heavy (non-hydrogen) atoms. The molecule has 0 amide bonds. The van der Waals surface area contributed by atoms with Crippen LogP contribution in [0.3, 0.4) is 0 Å². The molecule has 0 fully saturated rings. The van der Waals surface area contributed by atoms with E-state index in [0.717, 1.165) is 16.8 Å². The van der Waals surface area contributed by atoms with E-state index >= 15 is 0 Å². The van der Waals surface area contributed by atoms with Crippen LogP contribution in [0.1, 0.15) is 30.9 Å². The van der Waals surface area contributed by atoms with E-state index in [0.29, 0.717) is 41.3 Å². The van der Waals surface area contributed by atoms with Gasteiger partial charge in [0.15, 0.2) is 5.16 Å². The molecule has 0 aliphatic carbocycles. The van der Waals surface area contributed by atoms with Crippen molar-refractivity contribution in [2.45, 2.75) is 38.8 Å². The van der Waals surface area contributed by atoms with Crippen molar-refractivity contribution >= 4 is 28.6 Å². The minimum Gasteiger partial charge on any atom is -0.466 e. The third-order valence-electron chi connectivity index (χ3n) is 4.62. The lowest BCUT2D eigenvalue weighted by atomic mass is 10.1. The van der Waals surface area contributed by atoms with Crippen molar-refractivity contribution in [1.29, 1.82) is 0 Å². The van der Waals surface area contributed by atoms with Gasteiger partial charge in [-0.3, -0.25) is 14.2 Å². The molecule has 0 bridgehead atoms. The average molecular weight is 397 g/mol. The van der Waals surface area contributed by atoms with Gasteiger partial charge in [-0.1, -0.05) is 36.0 Å². The number of hydrogen-bond acceptors (Lipinski definition) is 5. The highest BCUT2D eigenvalue weighted by molar-refractivity contribution is 7.99. The van der Waals surface area contributed by atoms with Gasteiger partial charge in [0.25, 0.3) is 5.56 Å². The number of aromatic nitrogens is 2. The second kappa shape index (κ2) is 9.06. The van der Waals surface area contributed by atoms with Crippen molar-refractivity contribution in [2.75, 3.05) is 12.4 Å². The van der Waals surface area contributed by atoms with Crippen molar-refractivity contribution in [2.24, 2.45) is 0 Å². The molecule has 1 heterocycles. The van der Waals surface area contributed by atoms with Gasteiger partial charge in [0, 0.05) is 12.2 Å². The van der Waals surface area contributed by atoms with Crippen molar-refractivity contribution in [1.82, 2.24) is 9.55 Å². The van der Waals surface area contributed by atoms with Gasteiger partial charge in [0.05, 0.1) is 23.2 Å². The van der Waals surface area contributed by atoms with Crippen molar-refractivity contribution < 1.29 is 9.53 Å². The number of benzene rings is 2. The summed E-state index contributed by atoms with van der Waals surface area (Å²) in [6.07, 6.45) is 1.03. The SMILES string of the molecule is CCOC(=O)CCCSc1nc2ccccc2c(=O)n1-c1cccc(C)c1C. The number of para-hydroxylation sites is 1. The summed E-state index contributed by atoms with van der Waals surface area (Å²) >= 11 is 1.49. The first-order valence-electron chi connectivity index (χ1n) is 9.39. The van der Waals surface area contributed by atoms with Gasteiger partial charge in [-0.15, -0.1) is 0 Å². The lowest BCUT2D eigenvalue weighted by Crippen LogP contribution is -2.22. The molecule has 0 atom stereocenters. The smallest absolute Gasteiger partial charge is 0.305 e. The van der Waals surface area contributed by atoms with E-state index in [1.807, 2.05) is 56.3 Å². The Morgan fingerprint density at radius 2 is 1.93 bits per heavy atom. The Bertz CT molecular complexity index is 1060. The Morgan fingerprint density at radius 1 is 1.14 bits per heavy atom. The number of carbonyl (C=O) groups excluding carboxylic acids is 1. The van der Waals surface area contributed by atoms with Crippen LogP contribution in [-0.2, 0) is 9.53 Å². The highest BCUT2D eigenvalue weighted by atomic mass is 32.2. The minimum absolute atomic E-state index is 0.0767. The molecule has 3 rings (SSSR count). The summed E-state index contributed by atoms with van der Waals surface area (Å²) in [6, 6.07) is 13.3. The third-order valence-corrected chi connectivity index (χ3v) is 5.65. The molecule has 5 nitrogen and oxygen atoms in total. The molecule has 0 aliphatic heterocycles. The van der Waals surface area contributed by atoms with Gasteiger partial charge in [0.2, 0.25) is 0 Å². The molecule has 0 saturated heterocycles. The number of nitrogens with zero attached hydrogens (tertiary/aromatic N) is 2. The van der Waals surface area contributed by atoms with Crippen LogP contribution in [0.25, 0.3) is 16.6 Å². The van der Waals surface area contributed by atoms with Gasteiger partial charge in [-0.25, -0.2) is 4.98 Å². The van der Waals surface area contributed by atoms with E-state index in [1.165, 1.54) is 11.8 Å². The van der Waals surface area contributed by atoms with Crippen molar-refractivity contribution in [3.63, 3.8) is 0 Å². The Kier molecular flexibility index (Phi) is 6.52. The summed E-state index contributed by atoms with van der Waals surface area (Å²) < 4.78 is 6.67. The van der Waals surface area contributed by atoms with E-state index in [-0.39, 0.29) is 11.5 Å². The second-order valence-corrected chi connectivity index (χ2v) is 7.59. The van der Waals surface area contributed by atoms with Crippen LogP contribution in [0.4, 0.5) is 0 Å². The summed E-state index contributed by atoms with van der Waals surface area (Å²) in [5.74, 6) is 0.482. The molecule has 2 aromatic carbocycles. The van der Waals surface area contributed by atoms with Crippen LogP contribution in [0.15, 0.2) is 52.4 Å². The molecule has 0 N–H and O–H groups in total. The number of rotatable bonds is 7. The Morgan fingerprint density at radius 3 is 2.71 bits per heavy atom. The summed E-state index contributed by atoms with van der Waals surface area (Å²) in [7, 11) is 0. The largest absolute Gasteiger partial charge is 0.466 e. The highest BCUT2D eigenvalue weighted by Gasteiger charge is 2.15. The predicted molar refractivity (Wildman–Crippen MR) is 113 cm³/mol. The van der Waals surface area contributed by atoms with E-state index in [2.05, 4.69) is 0 Å². The first-order chi connectivity index (χ1) is 13.5. The summed E-state index contributed by atoms with van der Waals surface area (Å²) in [5, 5.41) is 1.24. The standard InChI is InChI=1S/C22H24N2O3S/c1-4-27-20(25)13-8-14-28-22-23-18-11-6-5-10-17(18)21(26)24(22)19-12-7-9-15(2)16(19)3/h5-7,9-12H,4,8,13-14H2,1-3H3. The van der Waals surface area contributed by atoms with Gasteiger partial charge < -0.3 is 4.74 Å². The lowest BCUT2D eigenvalue weighted by Gasteiger charge is -2.16. The van der Waals surface area contributed by atoms with Crippen molar-refractivity contribution in [3.05, 3.63) is 63.9 Å². The average Bonchev–Trinajstić information content (AvgIpc) is 2.68. The van der Waals surface area contributed by atoms with Gasteiger partial charge >= 0.3 is 5.97 Å². The summed E-state index contributed by atoms with van der Waals surface area (Å²) in [5.41, 5.74) is 3.62. The van der Waals surface area contributed by atoms with Crippen LogP contribution in [0, 0.1) is 13.8 Å². The van der Waals surface area contributed by atoms with E-state index in [1.54, 1.807) is 11.5 Å². The van der Waals surface area contributed by atoms with Crippen LogP contribution in [0.5, 0.6) is 0 Å². The highest BCUT2D eigenvalue weighted by Crippen LogP contribution is 2.25. The molecule has 6 heteroatoms. The van der Waals surface area contributed by atoms with Crippen LogP contribution in [0.2, 0.25) is 0 Å². The summed E-state index contributed by atoms with van der Waals surface area (Å²) in [4.78, 5) is 29.6.